The zero-order valence-electron chi connectivity index (χ0n) is 11.2. The summed E-state index contributed by atoms with van der Waals surface area (Å²) in [6, 6.07) is 6.76. The van der Waals surface area contributed by atoms with E-state index in [4.69, 9.17) is 21.4 Å². The maximum absolute atomic E-state index is 10.8. The van der Waals surface area contributed by atoms with Gasteiger partial charge < -0.3 is 15.6 Å². The third-order valence-electron chi connectivity index (χ3n) is 2.41. The fourth-order valence-electron chi connectivity index (χ4n) is 1.43. The number of aliphatic carboxylic acids is 1. The number of carboxylic acids is 1. The monoisotopic (exact) mass is 316 g/mol. The van der Waals surface area contributed by atoms with Gasteiger partial charge in [-0.2, -0.15) is 0 Å². The third kappa shape index (κ3) is 3.99. The molecule has 0 fully saturated rings. The second-order valence-electron chi connectivity index (χ2n) is 3.91. The van der Waals surface area contributed by atoms with Crippen molar-refractivity contribution in [1.82, 2.24) is 10.4 Å². The molecule has 1 aromatic carbocycles. The van der Waals surface area contributed by atoms with E-state index in [1.807, 2.05) is 5.38 Å². The Morgan fingerprint density at radius 1 is 1.41 bits per heavy atom. The molecule has 1 aromatic heterocycles. The minimum atomic E-state index is -1.34. The van der Waals surface area contributed by atoms with Crippen LogP contribution in [0, 0.1) is 11.8 Å². The summed E-state index contributed by atoms with van der Waals surface area (Å²) in [5.41, 5.74) is 7.62. The lowest BCUT2D eigenvalue weighted by atomic mass is 10.2. The molecule has 7 nitrogen and oxygen atoms in total. The number of nitrogens with zero attached hydrogens (tertiary/aromatic N) is 1. The van der Waals surface area contributed by atoms with Crippen LogP contribution in [0.5, 0.6) is 5.75 Å². The number of hydrogen-bond acceptors (Lipinski definition) is 7. The summed E-state index contributed by atoms with van der Waals surface area (Å²) in [5, 5.41) is 11.4. The second kappa shape index (κ2) is 7.12. The molecule has 0 atom stereocenters. The van der Waals surface area contributed by atoms with Gasteiger partial charge in [-0.1, -0.05) is 12.0 Å². The summed E-state index contributed by atoms with van der Waals surface area (Å²) >= 11 is 1.44. The molecule has 2 rings (SSSR count). The number of nitrogens with one attached hydrogen (secondary N) is 1. The van der Waals surface area contributed by atoms with Gasteiger partial charge in [-0.05, 0) is 24.1 Å². The molecule has 0 aliphatic heterocycles. The Hall–Kier alpha value is -3.02. The molecule has 0 amide bonds. The van der Waals surface area contributed by atoms with Gasteiger partial charge in [-0.25, -0.2) is 15.6 Å². The van der Waals surface area contributed by atoms with Crippen molar-refractivity contribution >= 4 is 17.3 Å². The summed E-state index contributed by atoms with van der Waals surface area (Å²) in [7, 11) is 0. The predicted octanol–water partition coefficient (Wildman–Crippen LogP) is 0.597. The highest BCUT2D eigenvalue weighted by Gasteiger charge is 2.12. The van der Waals surface area contributed by atoms with Gasteiger partial charge in [0.05, 0.1) is 0 Å². The average Bonchev–Trinajstić information content (AvgIpc) is 3.03. The summed E-state index contributed by atoms with van der Waals surface area (Å²) < 4.78 is 5.32. The number of ether oxygens (including phenoxy) is 1. The van der Waals surface area contributed by atoms with Gasteiger partial charge in [0.15, 0.2) is 10.7 Å². The van der Waals surface area contributed by atoms with Crippen molar-refractivity contribution in [2.45, 2.75) is 0 Å². The Morgan fingerprint density at radius 2 is 2.23 bits per heavy atom. The normalized spacial score (nSPS) is 11.0. The van der Waals surface area contributed by atoms with E-state index in [0.29, 0.717) is 16.3 Å². The fourth-order valence-corrected chi connectivity index (χ4v) is 1.91. The van der Waals surface area contributed by atoms with E-state index in [-0.39, 0.29) is 5.88 Å². The Bertz CT molecular complexity index is 760. The van der Waals surface area contributed by atoms with Crippen LogP contribution in [0.3, 0.4) is 0 Å². The summed E-state index contributed by atoms with van der Waals surface area (Å²) in [6.07, 6.45) is 1.67. The van der Waals surface area contributed by atoms with Crippen molar-refractivity contribution in [3.8, 4) is 17.6 Å². The maximum atomic E-state index is 10.8. The van der Waals surface area contributed by atoms with Crippen LogP contribution in [-0.2, 0) is 4.79 Å². The van der Waals surface area contributed by atoms with Gasteiger partial charge in [0, 0.05) is 17.1 Å². The van der Waals surface area contributed by atoms with Crippen LogP contribution in [-0.4, -0.2) is 16.1 Å². The van der Waals surface area contributed by atoms with E-state index < -0.39 is 11.7 Å². The number of carbonyl (C=O) groups is 1. The SMILES string of the molecule is NN/C(Oc1cccc(C#Cc2nccs2)c1)=C(\N)C(=O)O. The number of thiazole rings is 1. The highest BCUT2D eigenvalue weighted by molar-refractivity contribution is 7.10. The first-order chi connectivity index (χ1) is 10.6. The van der Waals surface area contributed by atoms with Crippen LogP contribution in [0.15, 0.2) is 47.4 Å². The number of aromatic nitrogens is 1. The molecule has 0 radical (unpaired) electrons. The molecule has 112 valence electrons. The Kier molecular flexibility index (Phi) is 4.98. The number of hydrogen-bond donors (Lipinski definition) is 4. The van der Waals surface area contributed by atoms with Gasteiger partial charge in [-0.15, -0.1) is 11.3 Å². The number of hydrazine groups is 1. The number of nitrogens with two attached hydrogens (primary N) is 2. The first-order valence-electron chi connectivity index (χ1n) is 5.99. The first kappa shape index (κ1) is 15.4. The van der Waals surface area contributed by atoms with E-state index in [1.165, 1.54) is 11.3 Å². The molecule has 8 heteroatoms. The molecule has 0 unspecified atom stereocenters. The summed E-state index contributed by atoms with van der Waals surface area (Å²) in [5.74, 6) is 9.81. The van der Waals surface area contributed by atoms with Crippen LogP contribution in [0.1, 0.15) is 10.6 Å². The molecule has 6 N–H and O–H groups in total. The predicted molar refractivity (Wildman–Crippen MR) is 81.3 cm³/mol. The van der Waals surface area contributed by atoms with Crippen molar-refractivity contribution in [2.24, 2.45) is 11.6 Å². The molecular weight excluding hydrogens is 304 g/mol. The molecule has 2 aromatic rings. The smallest absolute Gasteiger partial charge is 0.357 e. The zero-order valence-corrected chi connectivity index (χ0v) is 12.1. The van der Waals surface area contributed by atoms with Crippen molar-refractivity contribution in [2.75, 3.05) is 0 Å². The zero-order chi connectivity index (χ0) is 15.9. The topological polar surface area (TPSA) is 123 Å². The largest absolute Gasteiger partial charge is 0.476 e. The highest BCUT2D eigenvalue weighted by atomic mass is 32.1. The number of carboxylic acid groups (broad SMARTS) is 1. The molecular formula is C14H12N4O3S. The molecule has 1 heterocycles. The van der Waals surface area contributed by atoms with Crippen LogP contribution >= 0.6 is 11.3 Å². The Morgan fingerprint density at radius 3 is 2.86 bits per heavy atom. The lowest BCUT2D eigenvalue weighted by Gasteiger charge is -2.10. The second-order valence-corrected chi connectivity index (χ2v) is 4.80. The van der Waals surface area contributed by atoms with Gasteiger partial charge in [0.1, 0.15) is 5.75 Å². The summed E-state index contributed by atoms with van der Waals surface area (Å²) in [4.78, 5) is 14.9. The Balaban J connectivity index is 2.22. The van der Waals surface area contributed by atoms with Crippen LogP contribution < -0.4 is 21.7 Å². The highest BCUT2D eigenvalue weighted by Crippen LogP contribution is 2.15. The first-order valence-corrected chi connectivity index (χ1v) is 6.87. The van der Waals surface area contributed by atoms with Crippen LogP contribution in [0.25, 0.3) is 0 Å². The van der Waals surface area contributed by atoms with Crippen molar-refractivity contribution in [1.29, 1.82) is 0 Å². The van der Waals surface area contributed by atoms with Crippen LogP contribution in [0.2, 0.25) is 0 Å². The molecule has 0 saturated carbocycles. The quantitative estimate of drug-likeness (QED) is 0.214. The Labute approximate surface area is 130 Å². The third-order valence-corrected chi connectivity index (χ3v) is 3.09. The van der Waals surface area contributed by atoms with Crippen molar-refractivity contribution in [3.63, 3.8) is 0 Å². The minimum absolute atomic E-state index is 0.252. The van der Waals surface area contributed by atoms with Gasteiger partial charge in [-0.3, -0.25) is 5.43 Å². The molecule has 0 saturated heterocycles. The number of rotatable bonds is 4. The van der Waals surface area contributed by atoms with E-state index in [1.54, 1.807) is 30.5 Å². The van der Waals surface area contributed by atoms with E-state index in [9.17, 15) is 4.79 Å². The molecule has 0 aliphatic carbocycles. The van der Waals surface area contributed by atoms with Crippen LogP contribution in [0.4, 0.5) is 0 Å². The van der Waals surface area contributed by atoms with E-state index in [2.05, 4.69) is 22.3 Å². The van der Waals surface area contributed by atoms with E-state index >= 15 is 0 Å². The molecule has 0 aliphatic rings. The molecule has 0 spiro atoms. The lowest BCUT2D eigenvalue weighted by Crippen LogP contribution is -2.31. The average molecular weight is 316 g/mol. The van der Waals surface area contributed by atoms with Crippen molar-refractivity contribution < 1.29 is 14.6 Å². The van der Waals surface area contributed by atoms with Gasteiger partial charge in [0.25, 0.3) is 0 Å². The summed E-state index contributed by atoms with van der Waals surface area (Å²) in [6.45, 7) is 0. The minimum Gasteiger partial charge on any atom is -0.476 e. The lowest BCUT2D eigenvalue weighted by molar-refractivity contribution is -0.132. The number of benzene rings is 1. The van der Waals surface area contributed by atoms with Crippen molar-refractivity contribution in [3.05, 3.63) is 58.0 Å². The van der Waals surface area contributed by atoms with Gasteiger partial charge >= 0.3 is 5.97 Å². The molecule has 0 bridgehead atoms. The van der Waals surface area contributed by atoms with E-state index in [0.717, 1.165) is 0 Å². The fraction of sp³-hybridized carbons (Fsp3) is 0. The maximum Gasteiger partial charge on any atom is 0.357 e. The molecule has 22 heavy (non-hydrogen) atoms. The standard InChI is InChI=1S/C14H12N4O3S/c15-12(14(19)20)13(18-16)21-10-3-1-2-9(8-10)4-5-11-17-6-7-22-11/h1-3,6-8,18H,15-16H2,(H,19,20)/b13-12+. The van der Waals surface area contributed by atoms with Gasteiger partial charge in [0.2, 0.25) is 5.88 Å².